The van der Waals surface area contributed by atoms with Gasteiger partial charge in [-0.3, -0.25) is 15.2 Å². The molecule has 28 heavy (non-hydrogen) atoms. The van der Waals surface area contributed by atoms with Crippen LogP contribution in [0.5, 0.6) is 0 Å². The summed E-state index contributed by atoms with van der Waals surface area (Å²) < 4.78 is 54.0. The second-order valence-electron chi connectivity index (χ2n) is 6.55. The maximum atomic E-state index is 13.6. The standard InChI is InChI=1S/C17H16F4N6O/c18-11-3-1-10(2-4-11)14(17(19,20)21)25-12(7-13-23-9-24-27-13)15(28)26-16(8-22)5-6-16/h1-4,9,12,14,25H,5-7H2,(H,26,28)(H,23,24,27)/t12-,14-/m0/s1. The molecule has 7 nitrogen and oxygen atoms in total. The topological polar surface area (TPSA) is 106 Å². The Balaban J connectivity index is 1.85. The number of aromatic amines is 1. The van der Waals surface area contributed by atoms with Crippen molar-refractivity contribution in [2.75, 3.05) is 0 Å². The molecule has 0 radical (unpaired) electrons. The van der Waals surface area contributed by atoms with Gasteiger partial charge in [-0.1, -0.05) is 12.1 Å². The van der Waals surface area contributed by atoms with Gasteiger partial charge in [0, 0.05) is 6.42 Å². The normalized spacial score (nSPS) is 17.4. The van der Waals surface area contributed by atoms with Crippen LogP contribution in [-0.4, -0.2) is 38.8 Å². The molecule has 148 valence electrons. The number of H-pyrrole nitrogens is 1. The number of amides is 1. The molecule has 1 aromatic heterocycles. The summed E-state index contributed by atoms with van der Waals surface area (Å²) in [7, 11) is 0. The van der Waals surface area contributed by atoms with Gasteiger partial charge in [0.2, 0.25) is 5.91 Å². The minimum Gasteiger partial charge on any atom is -0.336 e. The Hall–Kier alpha value is -3.00. The van der Waals surface area contributed by atoms with E-state index in [9.17, 15) is 22.4 Å². The zero-order chi connectivity index (χ0) is 20.4. The maximum Gasteiger partial charge on any atom is 0.407 e. The van der Waals surface area contributed by atoms with E-state index < -0.39 is 35.5 Å². The van der Waals surface area contributed by atoms with Crippen molar-refractivity contribution >= 4 is 5.91 Å². The molecule has 1 aliphatic carbocycles. The van der Waals surface area contributed by atoms with Crippen LogP contribution in [0, 0.1) is 17.1 Å². The third-order valence-corrected chi connectivity index (χ3v) is 4.39. The number of carbonyl (C=O) groups is 1. The molecule has 11 heteroatoms. The van der Waals surface area contributed by atoms with Crippen molar-refractivity contribution in [1.82, 2.24) is 25.8 Å². The maximum absolute atomic E-state index is 13.6. The van der Waals surface area contributed by atoms with Gasteiger partial charge < -0.3 is 5.32 Å². The lowest BCUT2D eigenvalue weighted by molar-refractivity contribution is -0.161. The van der Waals surface area contributed by atoms with Gasteiger partial charge in [-0.2, -0.15) is 23.5 Å². The number of nitrogens with one attached hydrogen (secondary N) is 3. The first-order valence-electron chi connectivity index (χ1n) is 8.39. The zero-order valence-corrected chi connectivity index (χ0v) is 14.4. The lowest BCUT2D eigenvalue weighted by Gasteiger charge is -2.27. The van der Waals surface area contributed by atoms with Crippen LogP contribution in [-0.2, 0) is 11.2 Å². The number of carbonyl (C=O) groups excluding carboxylic acids is 1. The number of nitriles is 1. The fourth-order valence-electron chi connectivity index (χ4n) is 2.69. The highest BCUT2D eigenvalue weighted by molar-refractivity contribution is 5.83. The molecule has 1 heterocycles. The summed E-state index contributed by atoms with van der Waals surface area (Å²) in [5.74, 6) is -1.31. The third-order valence-electron chi connectivity index (χ3n) is 4.39. The summed E-state index contributed by atoms with van der Waals surface area (Å²) in [6.07, 6.45) is -2.87. The summed E-state index contributed by atoms with van der Waals surface area (Å²) >= 11 is 0. The molecular formula is C17H16F4N6O. The average Bonchev–Trinajstić information content (AvgIpc) is 3.22. The van der Waals surface area contributed by atoms with E-state index in [2.05, 4.69) is 25.8 Å². The number of halogens is 4. The van der Waals surface area contributed by atoms with Crippen molar-refractivity contribution in [3.63, 3.8) is 0 Å². The fourth-order valence-corrected chi connectivity index (χ4v) is 2.69. The second-order valence-corrected chi connectivity index (χ2v) is 6.55. The Bertz CT molecular complexity index is 855. The molecule has 1 fully saturated rings. The minimum absolute atomic E-state index is 0.134. The molecule has 0 spiro atoms. The molecule has 0 aliphatic heterocycles. The number of hydrogen-bond donors (Lipinski definition) is 3. The molecule has 1 aromatic carbocycles. The van der Waals surface area contributed by atoms with Gasteiger partial charge in [0.05, 0.1) is 12.1 Å². The van der Waals surface area contributed by atoms with E-state index in [0.29, 0.717) is 12.8 Å². The highest BCUT2D eigenvalue weighted by Crippen LogP contribution is 2.35. The summed E-state index contributed by atoms with van der Waals surface area (Å²) in [6.45, 7) is 0. The lowest BCUT2D eigenvalue weighted by atomic mass is 10.0. The molecular weight excluding hydrogens is 380 g/mol. The first kappa shape index (κ1) is 19.8. The van der Waals surface area contributed by atoms with E-state index in [1.807, 2.05) is 6.07 Å². The molecule has 2 atom stereocenters. The first-order chi connectivity index (χ1) is 13.2. The quantitative estimate of drug-likeness (QED) is 0.620. The van der Waals surface area contributed by atoms with Gasteiger partial charge in [-0.05, 0) is 30.5 Å². The Morgan fingerprint density at radius 2 is 2.00 bits per heavy atom. The van der Waals surface area contributed by atoms with Gasteiger partial charge in [0.25, 0.3) is 0 Å². The Labute approximate surface area is 157 Å². The molecule has 3 N–H and O–H groups in total. The van der Waals surface area contributed by atoms with E-state index in [1.54, 1.807) is 0 Å². The van der Waals surface area contributed by atoms with Crippen LogP contribution in [0.1, 0.15) is 30.3 Å². The molecule has 1 amide bonds. The average molecular weight is 396 g/mol. The zero-order valence-electron chi connectivity index (χ0n) is 14.4. The van der Waals surface area contributed by atoms with E-state index >= 15 is 0 Å². The van der Waals surface area contributed by atoms with Crippen molar-refractivity contribution in [2.24, 2.45) is 0 Å². The Kier molecular flexibility index (Phi) is 5.33. The van der Waals surface area contributed by atoms with Crippen LogP contribution in [0.3, 0.4) is 0 Å². The largest absolute Gasteiger partial charge is 0.407 e. The summed E-state index contributed by atoms with van der Waals surface area (Å²) in [4.78, 5) is 16.5. The third kappa shape index (κ3) is 4.64. The van der Waals surface area contributed by atoms with Gasteiger partial charge in [-0.25, -0.2) is 9.37 Å². The fraction of sp³-hybridized carbons (Fsp3) is 0.412. The van der Waals surface area contributed by atoms with Crippen LogP contribution >= 0.6 is 0 Å². The number of aromatic nitrogens is 3. The number of hydrogen-bond acceptors (Lipinski definition) is 5. The lowest BCUT2D eigenvalue weighted by Crippen LogP contribution is -2.52. The van der Waals surface area contributed by atoms with Crippen molar-refractivity contribution in [3.8, 4) is 6.07 Å². The molecule has 1 aliphatic rings. The summed E-state index contributed by atoms with van der Waals surface area (Å²) in [5, 5.41) is 20.1. The minimum atomic E-state index is -4.75. The molecule has 1 saturated carbocycles. The molecule has 2 aromatic rings. The van der Waals surface area contributed by atoms with Crippen LogP contribution in [0.25, 0.3) is 0 Å². The van der Waals surface area contributed by atoms with E-state index in [1.165, 1.54) is 6.33 Å². The van der Waals surface area contributed by atoms with Gasteiger partial charge in [-0.15, -0.1) is 0 Å². The van der Waals surface area contributed by atoms with Gasteiger partial charge in [0.15, 0.2) is 5.82 Å². The second kappa shape index (κ2) is 7.55. The SMILES string of the molecule is N#CC1(NC(=O)[C@H](Cc2nc[nH]n2)N[C@@H](c2ccc(F)cc2)C(F)(F)F)CC1. The predicted molar refractivity (Wildman–Crippen MR) is 87.9 cm³/mol. The van der Waals surface area contributed by atoms with Crippen molar-refractivity contribution in [2.45, 2.75) is 43.1 Å². The Morgan fingerprint density at radius 1 is 1.32 bits per heavy atom. The molecule has 0 saturated heterocycles. The summed E-state index contributed by atoms with van der Waals surface area (Å²) in [5.41, 5.74) is -1.29. The monoisotopic (exact) mass is 396 g/mol. The molecule has 0 unspecified atom stereocenters. The molecule has 3 rings (SSSR count). The first-order valence-corrected chi connectivity index (χ1v) is 8.39. The van der Waals surface area contributed by atoms with Gasteiger partial charge >= 0.3 is 6.18 Å². The Morgan fingerprint density at radius 3 is 2.50 bits per heavy atom. The van der Waals surface area contributed by atoms with E-state index in [0.717, 1.165) is 24.3 Å². The van der Waals surface area contributed by atoms with Crippen LogP contribution in [0.15, 0.2) is 30.6 Å². The van der Waals surface area contributed by atoms with E-state index in [4.69, 9.17) is 5.26 Å². The van der Waals surface area contributed by atoms with Crippen LogP contribution < -0.4 is 10.6 Å². The van der Waals surface area contributed by atoms with Crippen molar-refractivity contribution in [3.05, 3.63) is 47.8 Å². The smallest absolute Gasteiger partial charge is 0.336 e. The van der Waals surface area contributed by atoms with Crippen LogP contribution in [0.2, 0.25) is 0 Å². The predicted octanol–water partition coefficient (Wildman–Crippen LogP) is 1.92. The number of nitrogens with zero attached hydrogens (tertiary/aromatic N) is 3. The number of alkyl halides is 3. The summed E-state index contributed by atoms with van der Waals surface area (Å²) in [6, 6.07) is 2.20. The number of benzene rings is 1. The van der Waals surface area contributed by atoms with Gasteiger partial charge in [0.1, 0.15) is 23.7 Å². The van der Waals surface area contributed by atoms with Crippen molar-refractivity contribution in [1.29, 1.82) is 5.26 Å². The van der Waals surface area contributed by atoms with Crippen molar-refractivity contribution < 1.29 is 22.4 Å². The van der Waals surface area contributed by atoms with E-state index in [-0.39, 0.29) is 17.8 Å². The molecule has 0 bridgehead atoms. The highest BCUT2D eigenvalue weighted by Gasteiger charge is 2.47. The number of rotatable bonds is 7. The van der Waals surface area contributed by atoms with Crippen LogP contribution in [0.4, 0.5) is 17.6 Å². The highest BCUT2D eigenvalue weighted by atomic mass is 19.4.